The van der Waals surface area contributed by atoms with Crippen LogP contribution in [0.1, 0.15) is 27.2 Å². The second-order valence-electron chi connectivity index (χ2n) is 3.47. The van der Waals surface area contributed by atoms with E-state index < -0.39 is 5.54 Å². The number of hydrogen-bond acceptors (Lipinski definition) is 3. The van der Waals surface area contributed by atoms with Crippen molar-refractivity contribution in [3.63, 3.8) is 0 Å². The SMILES string of the molecule is CC(=O)CC(=O)NC(C)(C)CO. The van der Waals surface area contributed by atoms with Gasteiger partial charge in [0.15, 0.2) is 0 Å². The molecule has 0 rings (SSSR count). The lowest BCUT2D eigenvalue weighted by molar-refractivity contribution is -0.128. The Bertz CT molecular complexity index is 187. The number of amides is 1. The van der Waals surface area contributed by atoms with Crippen LogP contribution in [0.2, 0.25) is 0 Å². The van der Waals surface area contributed by atoms with Crippen LogP contribution in [-0.4, -0.2) is 28.9 Å². The van der Waals surface area contributed by atoms with Crippen molar-refractivity contribution in [2.24, 2.45) is 0 Å². The molecule has 4 heteroatoms. The van der Waals surface area contributed by atoms with Gasteiger partial charge < -0.3 is 10.4 Å². The topological polar surface area (TPSA) is 66.4 Å². The molecule has 4 nitrogen and oxygen atoms in total. The van der Waals surface area contributed by atoms with Crippen LogP contribution in [0.3, 0.4) is 0 Å². The maximum atomic E-state index is 11.0. The number of carbonyl (C=O) groups excluding carboxylic acids is 2. The van der Waals surface area contributed by atoms with E-state index in [0.717, 1.165) is 0 Å². The normalized spacial score (nSPS) is 11.0. The second-order valence-corrected chi connectivity index (χ2v) is 3.47. The van der Waals surface area contributed by atoms with E-state index in [1.165, 1.54) is 6.92 Å². The van der Waals surface area contributed by atoms with E-state index >= 15 is 0 Å². The highest BCUT2D eigenvalue weighted by molar-refractivity contribution is 5.97. The molecule has 0 saturated heterocycles. The number of rotatable bonds is 4. The summed E-state index contributed by atoms with van der Waals surface area (Å²) in [6.45, 7) is 4.58. The molecule has 70 valence electrons. The molecule has 12 heavy (non-hydrogen) atoms. The summed E-state index contributed by atoms with van der Waals surface area (Å²) < 4.78 is 0. The highest BCUT2D eigenvalue weighted by atomic mass is 16.3. The summed E-state index contributed by atoms with van der Waals surface area (Å²) >= 11 is 0. The Morgan fingerprint density at radius 2 is 1.92 bits per heavy atom. The summed E-state index contributed by atoms with van der Waals surface area (Å²) in [5.41, 5.74) is -0.646. The minimum absolute atomic E-state index is 0.122. The van der Waals surface area contributed by atoms with E-state index in [4.69, 9.17) is 5.11 Å². The fourth-order valence-electron chi connectivity index (χ4n) is 0.687. The molecule has 0 aliphatic carbocycles. The van der Waals surface area contributed by atoms with E-state index in [0.29, 0.717) is 0 Å². The highest BCUT2D eigenvalue weighted by Crippen LogP contribution is 1.99. The Hall–Kier alpha value is -0.900. The van der Waals surface area contributed by atoms with E-state index in [9.17, 15) is 9.59 Å². The fourth-order valence-corrected chi connectivity index (χ4v) is 0.687. The first-order chi connectivity index (χ1) is 5.37. The summed E-state index contributed by atoms with van der Waals surface area (Å²) in [6.07, 6.45) is -0.122. The average Bonchev–Trinajstić information content (AvgIpc) is 1.84. The quantitative estimate of drug-likeness (QED) is 0.581. The molecule has 0 aromatic rings. The number of hydrogen-bond donors (Lipinski definition) is 2. The molecule has 0 aliphatic rings. The fraction of sp³-hybridized carbons (Fsp3) is 0.750. The first kappa shape index (κ1) is 11.1. The van der Waals surface area contributed by atoms with Crippen molar-refractivity contribution in [3.8, 4) is 0 Å². The molecule has 0 atom stereocenters. The summed E-state index contributed by atoms with van der Waals surface area (Å²) in [4.78, 5) is 21.5. The Labute approximate surface area is 72.0 Å². The lowest BCUT2D eigenvalue weighted by Gasteiger charge is -2.22. The van der Waals surface area contributed by atoms with Crippen LogP contribution in [0.4, 0.5) is 0 Å². The Morgan fingerprint density at radius 3 is 2.25 bits per heavy atom. The smallest absolute Gasteiger partial charge is 0.227 e. The third-order valence-electron chi connectivity index (χ3n) is 1.28. The van der Waals surface area contributed by atoms with Crippen molar-refractivity contribution in [2.45, 2.75) is 32.7 Å². The van der Waals surface area contributed by atoms with Crippen LogP contribution in [0.25, 0.3) is 0 Å². The predicted octanol–water partition coefficient (Wildman–Crippen LogP) is -0.147. The molecule has 0 saturated carbocycles. The third kappa shape index (κ3) is 4.85. The summed E-state index contributed by atoms with van der Waals surface area (Å²) in [7, 11) is 0. The standard InChI is InChI=1S/C8H15NO3/c1-6(11)4-7(12)9-8(2,3)5-10/h10H,4-5H2,1-3H3,(H,9,12). The van der Waals surface area contributed by atoms with Gasteiger partial charge in [0.1, 0.15) is 5.78 Å². The average molecular weight is 173 g/mol. The number of carbonyl (C=O) groups is 2. The number of nitrogens with one attached hydrogen (secondary N) is 1. The molecule has 0 aliphatic heterocycles. The van der Waals surface area contributed by atoms with Gasteiger partial charge in [0.05, 0.1) is 18.6 Å². The van der Waals surface area contributed by atoms with Gasteiger partial charge in [-0.2, -0.15) is 0 Å². The van der Waals surface area contributed by atoms with Crippen molar-refractivity contribution in [1.29, 1.82) is 0 Å². The van der Waals surface area contributed by atoms with Crippen molar-refractivity contribution in [1.82, 2.24) is 5.32 Å². The second kappa shape index (κ2) is 4.21. The van der Waals surface area contributed by atoms with Crippen LogP contribution in [0.5, 0.6) is 0 Å². The van der Waals surface area contributed by atoms with Crippen molar-refractivity contribution < 1.29 is 14.7 Å². The summed E-state index contributed by atoms with van der Waals surface area (Å²) in [6, 6.07) is 0. The lowest BCUT2D eigenvalue weighted by atomic mass is 10.1. The molecular formula is C8H15NO3. The first-order valence-electron chi connectivity index (χ1n) is 3.79. The Morgan fingerprint density at radius 1 is 1.42 bits per heavy atom. The van der Waals surface area contributed by atoms with Crippen molar-refractivity contribution in [3.05, 3.63) is 0 Å². The van der Waals surface area contributed by atoms with E-state index in [2.05, 4.69) is 5.32 Å². The number of aliphatic hydroxyl groups is 1. The zero-order valence-electron chi connectivity index (χ0n) is 7.68. The van der Waals surface area contributed by atoms with E-state index in [1.807, 2.05) is 0 Å². The summed E-state index contributed by atoms with van der Waals surface area (Å²) in [5.74, 6) is -0.525. The molecule has 0 radical (unpaired) electrons. The molecule has 0 unspecified atom stereocenters. The minimum Gasteiger partial charge on any atom is -0.394 e. The van der Waals surface area contributed by atoms with Gasteiger partial charge in [0.25, 0.3) is 0 Å². The van der Waals surface area contributed by atoms with Crippen molar-refractivity contribution >= 4 is 11.7 Å². The maximum Gasteiger partial charge on any atom is 0.227 e. The van der Waals surface area contributed by atoms with Gasteiger partial charge in [0, 0.05) is 0 Å². The number of Topliss-reactive ketones (excluding diaryl/α,β-unsaturated/α-hetero) is 1. The lowest BCUT2D eigenvalue weighted by Crippen LogP contribution is -2.46. The third-order valence-corrected chi connectivity index (χ3v) is 1.28. The van der Waals surface area contributed by atoms with Gasteiger partial charge in [0.2, 0.25) is 5.91 Å². The van der Waals surface area contributed by atoms with E-state index in [1.54, 1.807) is 13.8 Å². The van der Waals surface area contributed by atoms with Crippen LogP contribution in [-0.2, 0) is 9.59 Å². The van der Waals surface area contributed by atoms with Crippen LogP contribution < -0.4 is 5.32 Å². The van der Waals surface area contributed by atoms with Gasteiger partial charge in [-0.1, -0.05) is 0 Å². The zero-order valence-corrected chi connectivity index (χ0v) is 7.68. The van der Waals surface area contributed by atoms with Crippen molar-refractivity contribution in [2.75, 3.05) is 6.61 Å². The van der Waals surface area contributed by atoms with Gasteiger partial charge in [-0.3, -0.25) is 9.59 Å². The molecule has 0 aromatic heterocycles. The summed E-state index contributed by atoms with van der Waals surface area (Å²) in [5, 5.41) is 11.3. The molecule has 1 amide bonds. The Balaban J connectivity index is 3.92. The molecule has 0 spiro atoms. The monoisotopic (exact) mass is 173 g/mol. The molecule has 0 aromatic carbocycles. The number of ketones is 1. The molecule has 0 heterocycles. The minimum atomic E-state index is -0.646. The van der Waals surface area contributed by atoms with Gasteiger partial charge >= 0.3 is 0 Å². The Kier molecular flexibility index (Phi) is 3.89. The molecule has 0 bridgehead atoms. The van der Waals surface area contributed by atoms with Gasteiger partial charge in [-0.05, 0) is 20.8 Å². The van der Waals surface area contributed by atoms with Gasteiger partial charge in [-0.15, -0.1) is 0 Å². The van der Waals surface area contributed by atoms with Crippen LogP contribution >= 0.6 is 0 Å². The van der Waals surface area contributed by atoms with Gasteiger partial charge in [-0.25, -0.2) is 0 Å². The predicted molar refractivity (Wildman–Crippen MR) is 44.6 cm³/mol. The van der Waals surface area contributed by atoms with Crippen LogP contribution in [0.15, 0.2) is 0 Å². The number of aliphatic hydroxyl groups excluding tert-OH is 1. The molecular weight excluding hydrogens is 158 g/mol. The largest absolute Gasteiger partial charge is 0.394 e. The molecule has 0 fully saturated rings. The highest BCUT2D eigenvalue weighted by Gasteiger charge is 2.19. The zero-order chi connectivity index (χ0) is 9.78. The maximum absolute atomic E-state index is 11.0. The molecule has 2 N–H and O–H groups in total. The van der Waals surface area contributed by atoms with Crippen LogP contribution in [0, 0.1) is 0 Å². The first-order valence-corrected chi connectivity index (χ1v) is 3.79. The van der Waals surface area contributed by atoms with E-state index in [-0.39, 0.29) is 24.7 Å².